The lowest BCUT2D eigenvalue weighted by molar-refractivity contribution is 0.141. The van der Waals surface area contributed by atoms with E-state index in [0.29, 0.717) is 5.89 Å². The number of nitrogens with zero attached hydrogens (tertiary/aromatic N) is 1. The van der Waals surface area contributed by atoms with Crippen LogP contribution in [0.3, 0.4) is 0 Å². The molecule has 1 aromatic carbocycles. The van der Waals surface area contributed by atoms with Gasteiger partial charge in [0.15, 0.2) is 0 Å². The van der Waals surface area contributed by atoms with Crippen LogP contribution in [0.15, 0.2) is 28.7 Å². The van der Waals surface area contributed by atoms with Crippen molar-refractivity contribution in [3.8, 4) is 11.5 Å². The monoisotopic (exact) mass is 317 g/mol. The first kappa shape index (κ1) is 17.7. The molecule has 0 bridgehead atoms. The number of aliphatic hydroxyl groups excluding tert-OH is 2. The van der Waals surface area contributed by atoms with Crippen molar-refractivity contribution in [2.45, 2.75) is 46.0 Å². The second kappa shape index (κ2) is 8.85. The number of aromatic nitrogens is 1. The van der Waals surface area contributed by atoms with E-state index in [2.05, 4.69) is 31.0 Å². The van der Waals surface area contributed by atoms with Gasteiger partial charge in [-0.1, -0.05) is 31.0 Å². The lowest BCUT2D eigenvalue weighted by Gasteiger charge is -2.09. The molecule has 0 spiro atoms. The van der Waals surface area contributed by atoms with Crippen LogP contribution in [0.4, 0.5) is 0 Å². The van der Waals surface area contributed by atoms with E-state index in [1.807, 2.05) is 12.1 Å². The largest absolute Gasteiger partial charge is 0.441 e. The maximum absolute atomic E-state index is 9.09. The topological polar surface area (TPSA) is 66.5 Å². The molecule has 1 heterocycles. The van der Waals surface area contributed by atoms with E-state index in [-0.39, 0.29) is 19.1 Å². The van der Waals surface area contributed by atoms with Gasteiger partial charge in [0.2, 0.25) is 5.89 Å². The molecule has 0 aliphatic rings. The van der Waals surface area contributed by atoms with Crippen LogP contribution in [0, 0.1) is 12.8 Å². The first-order valence-corrected chi connectivity index (χ1v) is 8.45. The Kier molecular flexibility index (Phi) is 6.81. The Morgan fingerprint density at radius 1 is 1.09 bits per heavy atom. The van der Waals surface area contributed by atoms with E-state index in [1.54, 1.807) is 0 Å². The van der Waals surface area contributed by atoms with Crippen molar-refractivity contribution < 1.29 is 14.6 Å². The third-order valence-corrected chi connectivity index (χ3v) is 4.19. The van der Waals surface area contributed by atoms with Crippen LogP contribution < -0.4 is 0 Å². The quantitative estimate of drug-likeness (QED) is 0.694. The highest BCUT2D eigenvalue weighted by Crippen LogP contribution is 2.24. The minimum atomic E-state index is 0.000994. The molecule has 2 rings (SSSR count). The predicted octanol–water partition coefficient (Wildman–Crippen LogP) is 3.53. The maximum atomic E-state index is 9.09. The molecule has 0 saturated carbocycles. The summed E-state index contributed by atoms with van der Waals surface area (Å²) < 4.78 is 5.92. The fourth-order valence-corrected chi connectivity index (χ4v) is 2.64. The smallest absolute Gasteiger partial charge is 0.226 e. The predicted molar refractivity (Wildman–Crippen MR) is 91.3 cm³/mol. The number of aliphatic hydroxyl groups is 2. The summed E-state index contributed by atoms with van der Waals surface area (Å²) in [6.45, 7) is 4.25. The third-order valence-electron chi connectivity index (χ3n) is 4.19. The molecular weight excluding hydrogens is 290 g/mol. The van der Waals surface area contributed by atoms with Gasteiger partial charge >= 0.3 is 0 Å². The van der Waals surface area contributed by atoms with Gasteiger partial charge in [0.05, 0.1) is 5.69 Å². The van der Waals surface area contributed by atoms with Gasteiger partial charge in [-0.2, -0.15) is 0 Å². The van der Waals surface area contributed by atoms with E-state index < -0.39 is 0 Å². The number of hydrogen-bond donors (Lipinski definition) is 2. The summed E-state index contributed by atoms with van der Waals surface area (Å²) in [7, 11) is 0. The van der Waals surface area contributed by atoms with Crippen LogP contribution in [0.2, 0.25) is 0 Å². The standard InChI is InChI=1S/C19H27NO3/c1-3-18-17(7-5-4-6-15(12-21)13-22)20-19(23-18)16-10-8-14(2)9-11-16/h8-11,15,21-22H,3-7,12-13H2,1-2H3. The molecule has 0 fully saturated rings. The Morgan fingerprint density at radius 2 is 1.78 bits per heavy atom. The molecule has 126 valence electrons. The molecule has 4 nitrogen and oxygen atoms in total. The SMILES string of the molecule is CCc1oc(-c2ccc(C)cc2)nc1CCCCC(CO)CO. The van der Waals surface area contributed by atoms with Gasteiger partial charge in [-0.15, -0.1) is 0 Å². The highest BCUT2D eigenvalue weighted by Gasteiger charge is 2.13. The van der Waals surface area contributed by atoms with Crippen LogP contribution in [-0.2, 0) is 12.8 Å². The van der Waals surface area contributed by atoms with E-state index >= 15 is 0 Å². The first-order valence-electron chi connectivity index (χ1n) is 8.45. The lowest BCUT2D eigenvalue weighted by Crippen LogP contribution is -2.10. The van der Waals surface area contributed by atoms with E-state index in [0.717, 1.165) is 49.1 Å². The zero-order valence-electron chi connectivity index (χ0n) is 14.1. The Hall–Kier alpha value is -1.65. The van der Waals surface area contributed by atoms with Crippen LogP contribution in [0.5, 0.6) is 0 Å². The number of oxazole rings is 1. The molecule has 1 aromatic heterocycles. The van der Waals surface area contributed by atoms with Crippen molar-refractivity contribution in [3.05, 3.63) is 41.3 Å². The number of hydrogen-bond acceptors (Lipinski definition) is 4. The number of aryl methyl sites for hydroxylation is 3. The van der Waals surface area contributed by atoms with Crippen LogP contribution >= 0.6 is 0 Å². The Labute approximate surface area is 138 Å². The van der Waals surface area contributed by atoms with E-state index in [9.17, 15) is 0 Å². The van der Waals surface area contributed by atoms with Crippen LogP contribution in [0.25, 0.3) is 11.5 Å². The average Bonchev–Trinajstić information content (AvgIpc) is 2.99. The minimum absolute atomic E-state index is 0.000994. The zero-order valence-corrected chi connectivity index (χ0v) is 14.1. The summed E-state index contributed by atoms with van der Waals surface area (Å²) in [6, 6.07) is 8.21. The molecular formula is C19H27NO3. The number of unbranched alkanes of at least 4 members (excludes halogenated alkanes) is 1. The van der Waals surface area contributed by atoms with Crippen LogP contribution in [-0.4, -0.2) is 28.4 Å². The summed E-state index contributed by atoms with van der Waals surface area (Å²) in [5.74, 6) is 1.66. The van der Waals surface area contributed by atoms with E-state index in [1.165, 1.54) is 5.56 Å². The van der Waals surface area contributed by atoms with Gasteiger partial charge in [0, 0.05) is 31.1 Å². The highest BCUT2D eigenvalue weighted by molar-refractivity contribution is 5.54. The van der Waals surface area contributed by atoms with Gasteiger partial charge < -0.3 is 14.6 Å². The fourth-order valence-electron chi connectivity index (χ4n) is 2.64. The Bertz CT molecular complexity index is 585. The molecule has 0 saturated heterocycles. The van der Waals surface area contributed by atoms with Gasteiger partial charge in [0.25, 0.3) is 0 Å². The molecule has 23 heavy (non-hydrogen) atoms. The Morgan fingerprint density at radius 3 is 2.39 bits per heavy atom. The normalized spacial score (nSPS) is 11.3. The van der Waals surface area contributed by atoms with Crippen molar-refractivity contribution in [1.82, 2.24) is 4.98 Å². The summed E-state index contributed by atoms with van der Waals surface area (Å²) in [5, 5.41) is 18.2. The average molecular weight is 317 g/mol. The van der Waals surface area contributed by atoms with Crippen molar-refractivity contribution >= 4 is 0 Å². The summed E-state index contributed by atoms with van der Waals surface area (Å²) in [6.07, 6.45) is 4.52. The van der Waals surface area contributed by atoms with Crippen molar-refractivity contribution in [2.75, 3.05) is 13.2 Å². The van der Waals surface area contributed by atoms with Crippen molar-refractivity contribution in [3.63, 3.8) is 0 Å². The zero-order chi connectivity index (χ0) is 16.7. The molecule has 0 radical (unpaired) electrons. The number of rotatable bonds is 9. The Balaban J connectivity index is 1.97. The molecule has 2 aromatic rings. The minimum Gasteiger partial charge on any atom is -0.441 e. The molecule has 2 N–H and O–H groups in total. The second-order valence-corrected chi connectivity index (χ2v) is 6.09. The summed E-state index contributed by atoms with van der Waals surface area (Å²) in [4.78, 5) is 4.67. The summed E-state index contributed by atoms with van der Waals surface area (Å²) >= 11 is 0. The van der Waals surface area contributed by atoms with Gasteiger partial charge in [-0.3, -0.25) is 0 Å². The fraction of sp³-hybridized carbons (Fsp3) is 0.526. The van der Waals surface area contributed by atoms with Gasteiger partial charge in [-0.05, 0) is 38.3 Å². The third kappa shape index (κ3) is 4.91. The second-order valence-electron chi connectivity index (χ2n) is 6.09. The molecule has 0 atom stereocenters. The van der Waals surface area contributed by atoms with Crippen molar-refractivity contribution in [2.24, 2.45) is 5.92 Å². The molecule has 4 heteroatoms. The number of benzene rings is 1. The first-order chi connectivity index (χ1) is 11.2. The maximum Gasteiger partial charge on any atom is 0.226 e. The van der Waals surface area contributed by atoms with E-state index in [4.69, 9.17) is 14.6 Å². The molecule has 0 aliphatic heterocycles. The highest BCUT2D eigenvalue weighted by atomic mass is 16.4. The van der Waals surface area contributed by atoms with Gasteiger partial charge in [-0.25, -0.2) is 4.98 Å². The molecule has 0 unspecified atom stereocenters. The van der Waals surface area contributed by atoms with Gasteiger partial charge in [0.1, 0.15) is 5.76 Å². The van der Waals surface area contributed by atoms with Crippen molar-refractivity contribution in [1.29, 1.82) is 0 Å². The lowest BCUT2D eigenvalue weighted by atomic mass is 10.0. The van der Waals surface area contributed by atoms with Crippen LogP contribution in [0.1, 0.15) is 43.2 Å². The summed E-state index contributed by atoms with van der Waals surface area (Å²) in [5.41, 5.74) is 3.27. The molecule has 0 aliphatic carbocycles. The molecule has 0 amide bonds.